The summed E-state index contributed by atoms with van der Waals surface area (Å²) >= 11 is 0. The minimum Gasteiger partial charge on any atom is -0.334 e. The number of carbonyl (C=O) groups is 2. The first kappa shape index (κ1) is 29.4. The number of carbonyl (C=O) groups excluding carboxylic acids is 2. The van der Waals surface area contributed by atoms with Crippen molar-refractivity contribution in [3.05, 3.63) is 9.81 Å². The Kier molecular flexibility index (Phi) is 12.0. The fourth-order valence-electron chi connectivity index (χ4n) is 3.66. The minimum atomic E-state index is -4.63. The van der Waals surface area contributed by atoms with Crippen LogP contribution < -0.4 is 10.6 Å². The molecule has 0 heterocycles. The quantitative estimate of drug-likeness (QED) is 0.294. The van der Waals surface area contributed by atoms with Crippen LogP contribution >= 0.6 is 0 Å². The second-order valence-corrected chi connectivity index (χ2v) is 8.03. The Bertz CT molecular complexity index is 664. The molecule has 0 unspecified atom stereocenters. The van der Waals surface area contributed by atoms with Crippen LogP contribution in [0.3, 0.4) is 0 Å². The molecule has 2 aliphatic rings. The highest BCUT2D eigenvalue weighted by atomic mass is 19.4. The SMILES string of the molecule is O=NN(C(=O)NCC(F)(F)F)C1CCCCC1.O=NN(CC(F)(F)F)C(=O)NC1CCCCC1. The van der Waals surface area contributed by atoms with Crippen LogP contribution in [0.15, 0.2) is 10.6 Å². The molecule has 2 N–H and O–H groups in total. The highest BCUT2D eigenvalue weighted by molar-refractivity contribution is 5.74. The third kappa shape index (κ3) is 12.0. The van der Waals surface area contributed by atoms with Crippen molar-refractivity contribution < 1.29 is 35.9 Å². The molecule has 2 saturated carbocycles. The summed E-state index contributed by atoms with van der Waals surface area (Å²) in [5, 5.41) is 9.09. The number of nitroso groups, excluding NO2 is 2. The average Bonchev–Trinajstić information content (AvgIpc) is 2.77. The molecule has 0 aromatic heterocycles. The van der Waals surface area contributed by atoms with Gasteiger partial charge in [-0.15, -0.1) is 9.81 Å². The number of amides is 4. The Morgan fingerprint density at radius 3 is 1.74 bits per heavy atom. The Balaban J connectivity index is 0.000000340. The van der Waals surface area contributed by atoms with Gasteiger partial charge in [0.1, 0.15) is 13.1 Å². The summed E-state index contributed by atoms with van der Waals surface area (Å²) in [6.07, 6.45) is -0.832. The van der Waals surface area contributed by atoms with Gasteiger partial charge >= 0.3 is 24.4 Å². The summed E-state index contributed by atoms with van der Waals surface area (Å²) in [5.74, 6) is 0. The molecule has 2 aliphatic carbocycles. The first-order chi connectivity index (χ1) is 15.9. The van der Waals surface area contributed by atoms with Crippen LogP contribution in [-0.4, -0.2) is 59.6 Å². The maximum absolute atomic E-state index is 12.0. The molecule has 0 aromatic rings. The van der Waals surface area contributed by atoms with Crippen molar-refractivity contribution in [2.24, 2.45) is 10.6 Å². The van der Waals surface area contributed by atoms with Crippen molar-refractivity contribution in [3.63, 3.8) is 0 Å². The molecule has 2 fully saturated rings. The Hall–Kier alpha value is -2.68. The van der Waals surface area contributed by atoms with E-state index in [0.29, 0.717) is 17.9 Å². The van der Waals surface area contributed by atoms with E-state index in [1.54, 1.807) is 5.32 Å². The van der Waals surface area contributed by atoms with Crippen LogP contribution in [0.5, 0.6) is 0 Å². The van der Waals surface area contributed by atoms with Gasteiger partial charge in [-0.1, -0.05) is 38.5 Å². The molecule has 0 atom stereocenters. The molecule has 16 heteroatoms. The first-order valence-corrected chi connectivity index (χ1v) is 10.8. The summed E-state index contributed by atoms with van der Waals surface area (Å²) in [6, 6.07) is -2.70. The highest BCUT2D eigenvalue weighted by Gasteiger charge is 2.35. The Morgan fingerprint density at radius 2 is 1.29 bits per heavy atom. The summed E-state index contributed by atoms with van der Waals surface area (Å²) in [7, 11) is 0. The molecule has 0 bridgehead atoms. The third-order valence-electron chi connectivity index (χ3n) is 5.25. The first-order valence-electron chi connectivity index (χ1n) is 10.8. The monoisotopic (exact) mass is 506 g/mol. The zero-order chi connectivity index (χ0) is 25.8. The van der Waals surface area contributed by atoms with Gasteiger partial charge in [0.15, 0.2) is 0 Å². The number of rotatable bonds is 6. The van der Waals surface area contributed by atoms with Crippen molar-refractivity contribution in [3.8, 4) is 0 Å². The van der Waals surface area contributed by atoms with Gasteiger partial charge in [0.25, 0.3) is 0 Å². The molecule has 10 nitrogen and oxygen atoms in total. The number of nitrogens with zero attached hydrogens (tertiary/aromatic N) is 4. The van der Waals surface area contributed by atoms with Crippen molar-refractivity contribution in [1.82, 2.24) is 20.7 Å². The summed E-state index contributed by atoms with van der Waals surface area (Å²) in [6.45, 7) is -3.11. The lowest BCUT2D eigenvalue weighted by Crippen LogP contribution is -2.46. The number of alkyl halides is 6. The maximum atomic E-state index is 12.0. The molecule has 0 aromatic carbocycles. The zero-order valence-corrected chi connectivity index (χ0v) is 18.3. The van der Waals surface area contributed by atoms with Gasteiger partial charge in [-0.25, -0.2) is 9.59 Å². The van der Waals surface area contributed by atoms with E-state index in [9.17, 15) is 45.7 Å². The van der Waals surface area contributed by atoms with E-state index in [4.69, 9.17) is 0 Å². The van der Waals surface area contributed by atoms with Crippen molar-refractivity contribution in [2.75, 3.05) is 13.1 Å². The molecule has 0 radical (unpaired) electrons. The predicted molar refractivity (Wildman–Crippen MR) is 108 cm³/mol. The van der Waals surface area contributed by atoms with Crippen molar-refractivity contribution >= 4 is 12.1 Å². The number of nitrogens with one attached hydrogen (secondary N) is 2. The van der Waals surface area contributed by atoms with E-state index < -0.39 is 37.5 Å². The van der Waals surface area contributed by atoms with E-state index in [1.165, 1.54) is 0 Å². The minimum absolute atomic E-state index is 0.130. The van der Waals surface area contributed by atoms with Gasteiger partial charge in [0.2, 0.25) is 0 Å². The lowest BCUT2D eigenvalue weighted by atomic mass is 9.95. The maximum Gasteiger partial charge on any atom is 0.408 e. The van der Waals surface area contributed by atoms with Gasteiger partial charge in [-0.05, 0) is 25.7 Å². The van der Waals surface area contributed by atoms with Crippen LogP contribution in [-0.2, 0) is 0 Å². The molecule has 0 spiro atoms. The molecular formula is C18H28F6N6O4. The van der Waals surface area contributed by atoms with Crippen LogP contribution in [0.4, 0.5) is 35.9 Å². The average molecular weight is 506 g/mol. The molecule has 0 aliphatic heterocycles. The fourth-order valence-corrected chi connectivity index (χ4v) is 3.66. The van der Waals surface area contributed by atoms with Gasteiger partial charge in [0.05, 0.1) is 16.6 Å². The van der Waals surface area contributed by atoms with Gasteiger partial charge in [0, 0.05) is 6.04 Å². The Morgan fingerprint density at radius 1 is 0.765 bits per heavy atom. The second-order valence-electron chi connectivity index (χ2n) is 8.03. The second kappa shape index (κ2) is 13.9. The van der Waals surface area contributed by atoms with Crippen LogP contribution in [0.2, 0.25) is 0 Å². The molecule has 34 heavy (non-hydrogen) atoms. The number of hydrogen-bond acceptors (Lipinski definition) is 6. The Labute approximate surface area is 191 Å². The lowest BCUT2D eigenvalue weighted by Gasteiger charge is -2.27. The van der Waals surface area contributed by atoms with Gasteiger partial charge in [-0.3, -0.25) is 0 Å². The van der Waals surface area contributed by atoms with E-state index in [1.807, 2.05) is 0 Å². The zero-order valence-electron chi connectivity index (χ0n) is 18.3. The number of halogens is 6. The van der Waals surface area contributed by atoms with Gasteiger partial charge < -0.3 is 10.6 Å². The number of urea groups is 2. The van der Waals surface area contributed by atoms with E-state index in [-0.39, 0.29) is 17.1 Å². The van der Waals surface area contributed by atoms with Crippen molar-refractivity contribution in [2.45, 2.75) is 88.6 Å². The molecule has 4 amide bonds. The van der Waals surface area contributed by atoms with Crippen LogP contribution in [0.1, 0.15) is 64.2 Å². The third-order valence-corrected chi connectivity index (χ3v) is 5.25. The van der Waals surface area contributed by atoms with Crippen molar-refractivity contribution in [1.29, 1.82) is 0 Å². The topological polar surface area (TPSA) is 124 Å². The molecular weight excluding hydrogens is 478 g/mol. The van der Waals surface area contributed by atoms with Crippen LogP contribution in [0.25, 0.3) is 0 Å². The molecule has 2 rings (SSSR count). The molecule has 196 valence electrons. The summed E-state index contributed by atoms with van der Waals surface area (Å²) in [4.78, 5) is 43.4. The van der Waals surface area contributed by atoms with E-state index in [2.05, 4.69) is 15.9 Å². The summed E-state index contributed by atoms with van der Waals surface area (Å²) < 4.78 is 71.7. The lowest BCUT2D eigenvalue weighted by molar-refractivity contribution is -0.140. The van der Waals surface area contributed by atoms with E-state index in [0.717, 1.165) is 51.4 Å². The standard InChI is InChI=1S/2C9H14F3N3O2/c10-9(11,12)6-15(14-17)8(16)13-7-4-2-1-3-5-7;10-9(11,12)6-13-8(16)15(14-17)7-4-2-1-3-5-7/h2*7H,1-6H2,(H,13,16). The smallest absolute Gasteiger partial charge is 0.334 e. The summed E-state index contributed by atoms with van der Waals surface area (Å²) in [5.41, 5.74) is 0. The van der Waals surface area contributed by atoms with Crippen LogP contribution in [0, 0.1) is 9.81 Å². The normalized spacial score (nSPS) is 17.6. The fraction of sp³-hybridized carbons (Fsp3) is 0.889. The molecule has 0 saturated heterocycles. The van der Waals surface area contributed by atoms with E-state index >= 15 is 0 Å². The van der Waals surface area contributed by atoms with Gasteiger partial charge in [-0.2, -0.15) is 36.4 Å². The predicted octanol–water partition coefficient (Wildman–Crippen LogP) is 5.15. The number of hydrogen-bond donors (Lipinski definition) is 2. The largest absolute Gasteiger partial charge is 0.408 e. The highest BCUT2D eigenvalue weighted by Crippen LogP contribution is 2.23.